The van der Waals surface area contributed by atoms with E-state index in [0.29, 0.717) is 6.54 Å². The highest BCUT2D eigenvalue weighted by Gasteiger charge is 2.09. The van der Waals surface area contributed by atoms with E-state index in [-0.39, 0.29) is 11.9 Å². The summed E-state index contributed by atoms with van der Waals surface area (Å²) in [6, 6.07) is -0.361. The van der Waals surface area contributed by atoms with Crippen LogP contribution >= 0.6 is 0 Å². The lowest BCUT2D eigenvalue weighted by atomic mass is 10.2. The van der Waals surface area contributed by atoms with E-state index in [4.69, 9.17) is 5.73 Å². The molecule has 3 N–H and O–H groups in total. The van der Waals surface area contributed by atoms with E-state index < -0.39 is 0 Å². The lowest BCUT2D eigenvalue weighted by molar-refractivity contribution is -0.122. The fourth-order valence-corrected chi connectivity index (χ4v) is 0.746. The first-order chi connectivity index (χ1) is 5.22. The van der Waals surface area contributed by atoms with Gasteiger partial charge in [0.1, 0.15) is 0 Å². The minimum absolute atomic E-state index is 0.0910. The highest BCUT2D eigenvalue weighted by molar-refractivity contribution is 5.81. The molecule has 1 unspecified atom stereocenters. The van der Waals surface area contributed by atoms with Crippen LogP contribution in [0.25, 0.3) is 0 Å². The van der Waals surface area contributed by atoms with Crippen LogP contribution in [0, 0.1) is 0 Å². The minimum atomic E-state index is -0.361. The van der Waals surface area contributed by atoms with Gasteiger partial charge in [-0.05, 0) is 6.42 Å². The third kappa shape index (κ3) is 4.56. The summed E-state index contributed by atoms with van der Waals surface area (Å²) < 4.78 is 0. The highest BCUT2D eigenvalue weighted by Crippen LogP contribution is 1.91. The SMILES string of the molecule is C=CCNC(=O)C(N)CCC. The van der Waals surface area contributed by atoms with Gasteiger partial charge in [-0.15, -0.1) is 6.58 Å². The molecule has 11 heavy (non-hydrogen) atoms. The molecule has 1 amide bonds. The van der Waals surface area contributed by atoms with Crippen molar-refractivity contribution >= 4 is 5.91 Å². The van der Waals surface area contributed by atoms with Crippen LogP contribution in [0.2, 0.25) is 0 Å². The number of hydrogen-bond donors (Lipinski definition) is 2. The molecule has 0 aromatic rings. The van der Waals surface area contributed by atoms with E-state index >= 15 is 0 Å². The van der Waals surface area contributed by atoms with Crippen LogP contribution < -0.4 is 11.1 Å². The summed E-state index contributed by atoms with van der Waals surface area (Å²) in [6.07, 6.45) is 3.31. The summed E-state index contributed by atoms with van der Waals surface area (Å²) in [5, 5.41) is 2.63. The van der Waals surface area contributed by atoms with Crippen molar-refractivity contribution in [2.24, 2.45) is 5.73 Å². The molecule has 0 saturated heterocycles. The number of amides is 1. The average molecular weight is 156 g/mol. The largest absolute Gasteiger partial charge is 0.351 e. The van der Waals surface area contributed by atoms with Crippen molar-refractivity contribution in [3.05, 3.63) is 12.7 Å². The Kier molecular flexibility index (Phi) is 5.47. The van der Waals surface area contributed by atoms with Crippen LogP contribution in [0.4, 0.5) is 0 Å². The van der Waals surface area contributed by atoms with Gasteiger partial charge < -0.3 is 11.1 Å². The van der Waals surface area contributed by atoms with E-state index in [1.165, 1.54) is 0 Å². The molecule has 0 aliphatic rings. The van der Waals surface area contributed by atoms with Gasteiger partial charge in [0, 0.05) is 6.54 Å². The number of nitrogens with two attached hydrogens (primary N) is 1. The molecule has 0 aromatic heterocycles. The molecule has 0 spiro atoms. The Morgan fingerprint density at radius 2 is 2.45 bits per heavy atom. The van der Waals surface area contributed by atoms with Gasteiger partial charge in [-0.25, -0.2) is 0 Å². The standard InChI is InChI=1S/C8H16N2O/c1-3-5-7(9)8(11)10-6-4-2/h4,7H,2-3,5-6,9H2,1H3,(H,10,11). The Morgan fingerprint density at radius 3 is 2.91 bits per heavy atom. The zero-order chi connectivity index (χ0) is 8.69. The molecular formula is C8H16N2O. The number of nitrogens with one attached hydrogen (secondary N) is 1. The molecule has 64 valence electrons. The molecule has 0 radical (unpaired) electrons. The molecule has 3 nitrogen and oxygen atoms in total. The summed E-state index contributed by atoms with van der Waals surface area (Å²) in [5.41, 5.74) is 5.52. The van der Waals surface area contributed by atoms with Gasteiger partial charge in [-0.1, -0.05) is 19.4 Å². The molecule has 0 bridgehead atoms. The lowest BCUT2D eigenvalue weighted by Crippen LogP contribution is -2.40. The first-order valence-corrected chi connectivity index (χ1v) is 3.86. The second-order valence-corrected chi connectivity index (χ2v) is 2.43. The lowest BCUT2D eigenvalue weighted by Gasteiger charge is -2.08. The maximum Gasteiger partial charge on any atom is 0.237 e. The third-order valence-electron chi connectivity index (χ3n) is 1.36. The molecule has 0 rings (SSSR count). The molecule has 0 aliphatic carbocycles. The molecular weight excluding hydrogens is 140 g/mol. The number of carbonyl (C=O) groups excluding carboxylic acids is 1. The zero-order valence-electron chi connectivity index (χ0n) is 6.97. The van der Waals surface area contributed by atoms with Gasteiger partial charge in [0.15, 0.2) is 0 Å². The quantitative estimate of drug-likeness (QED) is 0.567. The first-order valence-electron chi connectivity index (χ1n) is 3.86. The van der Waals surface area contributed by atoms with Gasteiger partial charge in [0.2, 0.25) is 5.91 Å². The van der Waals surface area contributed by atoms with Crippen molar-refractivity contribution in [2.45, 2.75) is 25.8 Å². The Bertz CT molecular complexity index is 134. The smallest absolute Gasteiger partial charge is 0.237 e. The average Bonchev–Trinajstić information content (AvgIpc) is 2.00. The zero-order valence-corrected chi connectivity index (χ0v) is 6.97. The van der Waals surface area contributed by atoms with E-state index in [9.17, 15) is 4.79 Å². The fraction of sp³-hybridized carbons (Fsp3) is 0.625. The number of rotatable bonds is 5. The summed E-state index contributed by atoms with van der Waals surface area (Å²) in [5.74, 6) is -0.0910. The van der Waals surface area contributed by atoms with Gasteiger partial charge >= 0.3 is 0 Å². The summed E-state index contributed by atoms with van der Waals surface area (Å²) in [6.45, 7) is 5.98. The van der Waals surface area contributed by atoms with Gasteiger partial charge in [-0.3, -0.25) is 4.79 Å². The predicted molar refractivity (Wildman–Crippen MR) is 46.1 cm³/mol. The van der Waals surface area contributed by atoms with Crippen molar-refractivity contribution in [3.8, 4) is 0 Å². The summed E-state index contributed by atoms with van der Waals surface area (Å²) in [4.78, 5) is 11.0. The first kappa shape index (κ1) is 10.2. The van der Waals surface area contributed by atoms with Crippen molar-refractivity contribution < 1.29 is 4.79 Å². The van der Waals surface area contributed by atoms with E-state index in [0.717, 1.165) is 12.8 Å². The monoisotopic (exact) mass is 156 g/mol. The van der Waals surface area contributed by atoms with Crippen LogP contribution in [-0.2, 0) is 4.79 Å². The van der Waals surface area contributed by atoms with E-state index in [1.54, 1.807) is 6.08 Å². The van der Waals surface area contributed by atoms with Gasteiger partial charge in [-0.2, -0.15) is 0 Å². The third-order valence-corrected chi connectivity index (χ3v) is 1.36. The maximum absolute atomic E-state index is 11.0. The second-order valence-electron chi connectivity index (χ2n) is 2.43. The Balaban J connectivity index is 3.54. The summed E-state index contributed by atoms with van der Waals surface area (Å²) in [7, 11) is 0. The van der Waals surface area contributed by atoms with Crippen LogP contribution in [0.5, 0.6) is 0 Å². The van der Waals surface area contributed by atoms with Crippen molar-refractivity contribution in [2.75, 3.05) is 6.54 Å². The van der Waals surface area contributed by atoms with Crippen molar-refractivity contribution in [1.82, 2.24) is 5.32 Å². The second kappa shape index (κ2) is 5.92. The molecule has 0 fully saturated rings. The van der Waals surface area contributed by atoms with Crippen molar-refractivity contribution in [3.63, 3.8) is 0 Å². The normalized spacial score (nSPS) is 12.2. The topological polar surface area (TPSA) is 55.1 Å². The Labute approximate surface area is 67.7 Å². The molecule has 0 aliphatic heterocycles. The molecule has 0 aromatic carbocycles. The molecule has 1 atom stereocenters. The number of hydrogen-bond acceptors (Lipinski definition) is 2. The Hall–Kier alpha value is -0.830. The maximum atomic E-state index is 11.0. The molecule has 0 heterocycles. The molecule has 0 saturated carbocycles. The van der Waals surface area contributed by atoms with Crippen LogP contribution in [-0.4, -0.2) is 18.5 Å². The Morgan fingerprint density at radius 1 is 1.82 bits per heavy atom. The van der Waals surface area contributed by atoms with E-state index in [2.05, 4.69) is 11.9 Å². The van der Waals surface area contributed by atoms with Crippen LogP contribution in [0.15, 0.2) is 12.7 Å². The predicted octanol–water partition coefficient (Wildman–Crippen LogP) is 0.416. The van der Waals surface area contributed by atoms with Gasteiger partial charge in [0.25, 0.3) is 0 Å². The van der Waals surface area contributed by atoms with Gasteiger partial charge in [0.05, 0.1) is 6.04 Å². The number of carbonyl (C=O) groups is 1. The minimum Gasteiger partial charge on any atom is -0.351 e. The highest BCUT2D eigenvalue weighted by atomic mass is 16.2. The van der Waals surface area contributed by atoms with Crippen LogP contribution in [0.1, 0.15) is 19.8 Å². The van der Waals surface area contributed by atoms with Crippen LogP contribution in [0.3, 0.4) is 0 Å². The van der Waals surface area contributed by atoms with E-state index in [1.807, 2.05) is 6.92 Å². The van der Waals surface area contributed by atoms with Crippen molar-refractivity contribution in [1.29, 1.82) is 0 Å². The summed E-state index contributed by atoms with van der Waals surface area (Å²) >= 11 is 0. The molecule has 3 heteroatoms. The fourth-order valence-electron chi connectivity index (χ4n) is 0.746.